The van der Waals surface area contributed by atoms with Crippen molar-refractivity contribution in [3.05, 3.63) is 75.8 Å². The first-order valence-electron chi connectivity index (χ1n) is 18.5. The molecule has 2 bridgehead atoms. The summed E-state index contributed by atoms with van der Waals surface area (Å²) in [5.41, 5.74) is 1.89. The van der Waals surface area contributed by atoms with E-state index in [1.165, 1.54) is 39.3 Å². The summed E-state index contributed by atoms with van der Waals surface area (Å²) in [7, 11) is 1.62. The van der Waals surface area contributed by atoms with Gasteiger partial charge in [-0.1, -0.05) is 45.6 Å². The molecule has 1 fully saturated rings. The number of likely N-dealkylation sites (N-methyl/N-ethyl adjacent to an activating group) is 1. The maximum absolute atomic E-state index is 14.4. The summed E-state index contributed by atoms with van der Waals surface area (Å²) in [5.74, 6) is -2.00. The number of carbonyl (C=O) groups is 4. The summed E-state index contributed by atoms with van der Waals surface area (Å²) in [5, 5.41) is 8.67. The summed E-state index contributed by atoms with van der Waals surface area (Å²) in [4.78, 5) is 67.8. The van der Waals surface area contributed by atoms with Crippen LogP contribution in [0, 0.1) is 11.7 Å². The van der Waals surface area contributed by atoms with E-state index in [1.54, 1.807) is 25.5 Å². The van der Waals surface area contributed by atoms with Crippen LogP contribution in [0.25, 0.3) is 0 Å². The fourth-order valence-corrected chi connectivity index (χ4v) is 7.63. The first-order chi connectivity index (χ1) is 25.1. The number of benzene rings is 1. The van der Waals surface area contributed by atoms with E-state index in [-0.39, 0.29) is 48.0 Å². The van der Waals surface area contributed by atoms with E-state index in [9.17, 15) is 23.6 Å². The van der Waals surface area contributed by atoms with E-state index >= 15 is 0 Å². The van der Waals surface area contributed by atoms with Crippen LogP contribution in [0.2, 0.25) is 0 Å². The van der Waals surface area contributed by atoms with Crippen molar-refractivity contribution in [1.29, 1.82) is 0 Å². The number of aryl methyl sites for hydroxylation is 1. The third-order valence-electron chi connectivity index (χ3n) is 9.70. The average Bonchev–Trinajstić information content (AvgIpc) is 3.81. The molecule has 3 atom stereocenters. The standard InChI is InChI=1S/C39H51FN6O5S/c1-26(2)20-31-38(49)46-19-11-14-32(46)39(50)45(3)33(21-27-12-10-17-41-23-27)37(48)42-18-9-7-5-4-6-8-13-29-25-52-35(43-29)24-51-34-22-28(40)15-16-30(34)36(47)44-31/h10,12,15-17,22-23,25-26,31-33H,4-9,11,13-14,18-21,24H2,1-3H3,(H,42,48)(H,44,47)/t31-,32-,33+/m1/s1. The monoisotopic (exact) mass is 734 g/mol. The van der Waals surface area contributed by atoms with Crippen LogP contribution in [0.15, 0.2) is 48.1 Å². The van der Waals surface area contributed by atoms with Gasteiger partial charge in [-0.25, -0.2) is 9.37 Å². The van der Waals surface area contributed by atoms with Gasteiger partial charge in [0.25, 0.3) is 5.91 Å². The molecule has 0 radical (unpaired) electrons. The van der Waals surface area contributed by atoms with Crippen LogP contribution in [0.3, 0.4) is 0 Å². The van der Waals surface area contributed by atoms with Crippen LogP contribution in [0.1, 0.15) is 98.3 Å². The smallest absolute Gasteiger partial charge is 0.255 e. The minimum atomic E-state index is -0.946. The molecule has 2 aliphatic heterocycles. The molecule has 1 aromatic carbocycles. The number of rotatable bonds is 4. The minimum absolute atomic E-state index is 0.0320. The number of carbonyl (C=O) groups excluding carboxylic acids is 4. The predicted molar refractivity (Wildman–Crippen MR) is 197 cm³/mol. The fraction of sp³-hybridized carbons (Fsp3) is 0.538. The molecule has 4 amide bonds. The minimum Gasteiger partial charge on any atom is -0.485 e. The Balaban J connectivity index is 1.41. The van der Waals surface area contributed by atoms with Gasteiger partial charge in [-0.15, -0.1) is 11.3 Å². The zero-order chi connectivity index (χ0) is 37.0. The Morgan fingerprint density at radius 1 is 1.02 bits per heavy atom. The SMILES string of the molecule is CC(C)C[C@H]1NC(=O)c2ccc(F)cc2OCc2nc(cs2)CCCCCCCCNC(=O)[C@H](Cc2cccnc2)N(C)C(=O)[C@H]2CCCN2C1=O. The predicted octanol–water partition coefficient (Wildman–Crippen LogP) is 5.47. The Morgan fingerprint density at radius 2 is 1.81 bits per heavy atom. The van der Waals surface area contributed by atoms with Crippen molar-refractivity contribution in [3.8, 4) is 5.75 Å². The van der Waals surface area contributed by atoms with E-state index in [4.69, 9.17) is 4.74 Å². The Morgan fingerprint density at radius 3 is 2.58 bits per heavy atom. The molecular weight excluding hydrogens is 684 g/mol. The number of pyridine rings is 1. The highest BCUT2D eigenvalue weighted by atomic mass is 32.1. The van der Waals surface area contributed by atoms with Gasteiger partial charge in [0.05, 0.1) is 11.3 Å². The molecular formula is C39H51FN6O5S. The molecule has 3 aromatic rings. The van der Waals surface area contributed by atoms with Gasteiger partial charge >= 0.3 is 0 Å². The number of nitrogens with one attached hydrogen (secondary N) is 2. The van der Waals surface area contributed by atoms with Gasteiger partial charge < -0.3 is 25.2 Å². The Hall–Kier alpha value is -4.39. The van der Waals surface area contributed by atoms with Gasteiger partial charge in [0.15, 0.2) is 0 Å². The van der Waals surface area contributed by atoms with Crippen molar-refractivity contribution in [2.24, 2.45) is 5.92 Å². The molecule has 2 N–H and O–H groups in total. The molecule has 0 aliphatic carbocycles. The largest absolute Gasteiger partial charge is 0.485 e. The van der Waals surface area contributed by atoms with Crippen LogP contribution in [0.5, 0.6) is 5.75 Å². The van der Waals surface area contributed by atoms with Crippen molar-refractivity contribution in [2.75, 3.05) is 20.1 Å². The molecule has 11 nitrogen and oxygen atoms in total. The highest BCUT2D eigenvalue weighted by molar-refractivity contribution is 7.09. The van der Waals surface area contributed by atoms with Gasteiger partial charge in [-0.3, -0.25) is 24.2 Å². The van der Waals surface area contributed by atoms with E-state index < -0.39 is 29.8 Å². The van der Waals surface area contributed by atoms with Crippen LogP contribution in [-0.2, 0) is 33.8 Å². The fourth-order valence-electron chi connectivity index (χ4n) is 6.89. The third-order valence-corrected chi connectivity index (χ3v) is 10.6. The van der Waals surface area contributed by atoms with Gasteiger partial charge in [0, 0.05) is 50.4 Å². The highest BCUT2D eigenvalue weighted by Gasteiger charge is 2.41. The van der Waals surface area contributed by atoms with Crippen molar-refractivity contribution in [3.63, 3.8) is 0 Å². The Bertz CT molecular complexity index is 1670. The molecule has 5 rings (SSSR count). The number of fused-ring (bicyclic) bond motifs is 4. The van der Waals surface area contributed by atoms with E-state index in [2.05, 4.69) is 20.6 Å². The summed E-state index contributed by atoms with van der Waals surface area (Å²) < 4.78 is 20.4. The van der Waals surface area contributed by atoms with Crippen LogP contribution >= 0.6 is 11.3 Å². The van der Waals surface area contributed by atoms with E-state index in [0.29, 0.717) is 32.4 Å². The summed E-state index contributed by atoms with van der Waals surface area (Å²) in [6.07, 6.45) is 11.8. The van der Waals surface area contributed by atoms with E-state index in [1.807, 2.05) is 25.3 Å². The summed E-state index contributed by atoms with van der Waals surface area (Å²) in [6.45, 7) is 4.83. The number of halogens is 1. The first-order valence-corrected chi connectivity index (χ1v) is 19.4. The topological polar surface area (TPSA) is 134 Å². The lowest BCUT2D eigenvalue weighted by atomic mass is 10.0. The van der Waals surface area contributed by atoms with Gasteiger partial charge in [0.2, 0.25) is 17.7 Å². The second-order valence-corrected chi connectivity index (χ2v) is 15.1. The molecule has 1 saturated heterocycles. The van der Waals surface area contributed by atoms with Gasteiger partial charge in [-0.05, 0) is 68.2 Å². The second kappa shape index (κ2) is 18.9. The van der Waals surface area contributed by atoms with Gasteiger partial charge in [-0.2, -0.15) is 0 Å². The Labute approximate surface area is 309 Å². The molecule has 0 saturated carbocycles. The summed E-state index contributed by atoms with van der Waals surface area (Å²) >= 11 is 1.46. The maximum Gasteiger partial charge on any atom is 0.255 e. The van der Waals surface area contributed by atoms with Crippen molar-refractivity contribution < 1.29 is 28.3 Å². The lowest BCUT2D eigenvalue weighted by Crippen LogP contribution is -2.57. The number of thiazole rings is 1. The number of amides is 4. The summed E-state index contributed by atoms with van der Waals surface area (Å²) in [6, 6.07) is 4.84. The number of hydrogen-bond donors (Lipinski definition) is 2. The normalized spacial score (nSPS) is 22.0. The lowest BCUT2D eigenvalue weighted by molar-refractivity contribution is -0.147. The molecule has 280 valence electrons. The molecule has 13 heteroatoms. The maximum atomic E-state index is 14.4. The second-order valence-electron chi connectivity index (χ2n) is 14.2. The number of hydrogen-bond acceptors (Lipinski definition) is 8. The quantitative estimate of drug-likeness (QED) is 0.363. The first kappa shape index (κ1) is 38.8. The lowest BCUT2D eigenvalue weighted by Gasteiger charge is -2.34. The number of nitrogens with zero attached hydrogens (tertiary/aromatic N) is 4. The van der Waals surface area contributed by atoms with Crippen LogP contribution in [-0.4, -0.2) is 81.7 Å². The molecule has 2 aromatic heterocycles. The van der Waals surface area contributed by atoms with Crippen molar-refractivity contribution >= 4 is 35.0 Å². The highest BCUT2D eigenvalue weighted by Crippen LogP contribution is 2.26. The third kappa shape index (κ3) is 10.6. The number of aromatic nitrogens is 2. The van der Waals surface area contributed by atoms with Crippen molar-refractivity contribution in [1.82, 2.24) is 30.4 Å². The molecule has 0 spiro atoms. The van der Waals surface area contributed by atoms with Crippen molar-refractivity contribution in [2.45, 2.75) is 109 Å². The molecule has 52 heavy (non-hydrogen) atoms. The zero-order valence-electron chi connectivity index (χ0n) is 30.4. The molecule has 4 heterocycles. The van der Waals surface area contributed by atoms with Crippen LogP contribution in [0.4, 0.5) is 4.39 Å². The Kier molecular flexibility index (Phi) is 14.1. The van der Waals surface area contributed by atoms with E-state index in [0.717, 1.165) is 61.2 Å². The van der Waals surface area contributed by atoms with Gasteiger partial charge in [0.1, 0.15) is 41.3 Å². The molecule has 0 unspecified atom stereocenters. The zero-order valence-corrected chi connectivity index (χ0v) is 31.3. The van der Waals surface area contributed by atoms with Crippen LogP contribution < -0.4 is 15.4 Å². The number of ether oxygens (including phenoxy) is 1. The molecule has 2 aliphatic rings. The average molecular weight is 735 g/mol.